The van der Waals surface area contributed by atoms with Crippen LogP contribution in [0.15, 0.2) is 43.0 Å². The van der Waals surface area contributed by atoms with Gasteiger partial charge in [0.2, 0.25) is 0 Å². The molecule has 0 atom stereocenters. The molecule has 0 bridgehead atoms. The lowest BCUT2D eigenvalue weighted by molar-refractivity contribution is -0.139. The molecule has 0 spiro atoms. The molecule has 4 aromatic rings. The van der Waals surface area contributed by atoms with Gasteiger partial charge in [0.1, 0.15) is 12.4 Å². The fourth-order valence-corrected chi connectivity index (χ4v) is 4.22. The van der Waals surface area contributed by atoms with E-state index in [1.165, 1.54) is 12.4 Å². The summed E-state index contributed by atoms with van der Waals surface area (Å²) in [6.07, 6.45) is 3.56. The van der Waals surface area contributed by atoms with Crippen LogP contribution < -0.4 is 10.1 Å². The number of H-pyrrole nitrogens is 1. The van der Waals surface area contributed by atoms with Gasteiger partial charge in [-0.2, -0.15) is 23.3 Å². The Balaban J connectivity index is 1.26. The predicted molar refractivity (Wildman–Crippen MR) is 127 cm³/mol. The zero-order valence-corrected chi connectivity index (χ0v) is 19.6. The number of aromatic amines is 1. The summed E-state index contributed by atoms with van der Waals surface area (Å²) < 4.78 is 43.9. The minimum absolute atomic E-state index is 0.156. The van der Waals surface area contributed by atoms with Gasteiger partial charge in [-0.15, -0.1) is 0 Å². The number of amides is 1. The van der Waals surface area contributed by atoms with Crippen molar-refractivity contribution in [3.05, 3.63) is 48.5 Å². The number of anilines is 1. The number of ether oxygens (including phenoxy) is 1. The van der Waals surface area contributed by atoms with E-state index < -0.39 is 19.2 Å². The first-order chi connectivity index (χ1) is 17.7. The van der Waals surface area contributed by atoms with Crippen LogP contribution in [0.3, 0.4) is 0 Å². The van der Waals surface area contributed by atoms with Crippen molar-refractivity contribution in [2.24, 2.45) is 0 Å². The molecule has 13 heteroatoms. The molecule has 0 aliphatic heterocycles. The van der Waals surface area contributed by atoms with Gasteiger partial charge < -0.3 is 20.1 Å². The number of halogens is 3. The van der Waals surface area contributed by atoms with E-state index in [-0.39, 0.29) is 24.1 Å². The Morgan fingerprint density at radius 2 is 2.00 bits per heavy atom. The van der Waals surface area contributed by atoms with Gasteiger partial charge in [0.15, 0.2) is 0 Å². The molecule has 194 valence electrons. The Hall–Kier alpha value is -4.00. The van der Waals surface area contributed by atoms with Crippen LogP contribution >= 0.6 is 0 Å². The smallest absolute Gasteiger partial charge is 0.392 e. The summed E-state index contributed by atoms with van der Waals surface area (Å²) in [6.45, 7) is -0.574. The third kappa shape index (κ3) is 6.05. The SMILES string of the molecule is O=C(Nc1cc2[nH]c(-c3ccnc(OCCC(F)(F)F)n3)cc2cn1)c1cnn([C@H]2CC[C@H](O)CC2)c1. The van der Waals surface area contributed by atoms with Crippen molar-refractivity contribution in [3.8, 4) is 17.4 Å². The molecule has 1 amide bonds. The van der Waals surface area contributed by atoms with E-state index in [0.29, 0.717) is 28.3 Å². The summed E-state index contributed by atoms with van der Waals surface area (Å²) in [4.78, 5) is 28.2. The number of alkyl halides is 3. The maximum Gasteiger partial charge on any atom is 0.392 e. The minimum Gasteiger partial charge on any atom is -0.463 e. The Labute approximate surface area is 208 Å². The molecule has 0 unspecified atom stereocenters. The molecule has 0 aromatic carbocycles. The fourth-order valence-electron chi connectivity index (χ4n) is 4.22. The van der Waals surface area contributed by atoms with Crippen molar-refractivity contribution in [2.45, 2.75) is 50.4 Å². The highest BCUT2D eigenvalue weighted by molar-refractivity contribution is 6.04. The number of hydrogen-bond donors (Lipinski definition) is 3. The van der Waals surface area contributed by atoms with Gasteiger partial charge in [0, 0.05) is 30.0 Å². The van der Waals surface area contributed by atoms with Gasteiger partial charge in [0.25, 0.3) is 5.91 Å². The number of pyridine rings is 1. The van der Waals surface area contributed by atoms with Crippen LogP contribution in [0.1, 0.15) is 48.5 Å². The number of hydrogen-bond acceptors (Lipinski definition) is 7. The largest absolute Gasteiger partial charge is 0.463 e. The minimum atomic E-state index is -4.32. The molecule has 3 N–H and O–H groups in total. The van der Waals surface area contributed by atoms with Crippen molar-refractivity contribution >= 4 is 22.6 Å². The molecule has 10 nitrogen and oxygen atoms in total. The second-order valence-corrected chi connectivity index (χ2v) is 8.90. The maximum atomic E-state index is 12.8. The van der Waals surface area contributed by atoms with Gasteiger partial charge >= 0.3 is 12.2 Å². The average molecular weight is 515 g/mol. The van der Waals surface area contributed by atoms with E-state index in [9.17, 15) is 23.1 Å². The van der Waals surface area contributed by atoms with E-state index in [4.69, 9.17) is 4.74 Å². The number of nitrogens with zero attached hydrogens (tertiary/aromatic N) is 5. The van der Waals surface area contributed by atoms with Gasteiger partial charge in [0.05, 0.1) is 47.2 Å². The monoisotopic (exact) mass is 515 g/mol. The zero-order chi connectivity index (χ0) is 26.0. The summed E-state index contributed by atoms with van der Waals surface area (Å²) >= 11 is 0. The van der Waals surface area contributed by atoms with Crippen LogP contribution in [0, 0.1) is 0 Å². The Morgan fingerprint density at radius 3 is 2.78 bits per heavy atom. The molecule has 1 saturated carbocycles. The summed E-state index contributed by atoms with van der Waals surface area (Å²) in [6, 6.07) is 5.06. The topological polar surface area (TPSA) is 131 Å². The number of carbonyl (C=O) groups excluding carboxylic acids is 1. The molecule has 1 aliphatic carbocycles. The van der Waals surface area contributed by atoms with E-state index in [2.05, 4.69) is 30.4 Å². The first kappa shape index (κ1) is 24.7. The van der Waals surface area contributed by atoms with Crippen molar-refractivity contribution in [1.82, 2.24) is 29.7 Å². The van der Waals surface area contributed by atoms with Gasteiger partial charge in [-0.05, 0) is 37.8 Å². The van der Waals surface area contributed by atoms with Gasteiger partial charge in [-0.1, -0.05) is 0 Å². The molecule has 4 aromatic heterocycles. The van der Waals surface area contributed by atoms with Gasteiger partial charge in [-0.25, -0.2) is 9.97 Å². The summed E-state index contributed by atoms with van der Waals surface area (Å²) in [7, 11) is 0. The van der Waals surface area contributed by atoms with Crippen molar-refractivity contribution in [2.75, 3.05) is 11.9 Å². The molecule has 37 heavy (non-hydrogen) atoms. The van der Waals surface area contributed by atoms with Gasteiger partial charge in [-0.3, -0.25) is 9.48 Å². The van der Waals surface area contributed by atoms with Crippen LogP contribution in [0.2, 0.25) is 0 Å². The zero-order valence-electron chi connectivity index (χ0n) is 19.6. The highest BCUT2D eigenvalue weighted by atomic mass is 19.4. The molecular formula is C24H24F3N7O3. The number of carbonyl (C=O) groups is 1. The number of nitrogens with one attached hydrogen (secondary N) is 2. The Kier molecular flexibility index (Phi) is 6.78. The Morgan fingerprint density at radius 1 is 1.19 bits per heavy atom. The van der Waals surface area contributed by atoms with Crippen LogP contribution in [-0.4, -0.2) is 59.6 Å². The van der Waals surface area contributed by atoms with E-state index in [1.54, 1.807) is 35.3 Å². The number of fused-ring (bicyclic) bond motifs is 1. The summed E-state index contributed by atoms with van der Waals surface area (Å²) in [5.41, 5.74) is 2.10. The van der Waals surface area contributed by atoms with Crippen LogP contribution in [0.4, 0.5) is 19.0 Å². The van der Waals surface area contributed by atoms with E-state index in [0.717, 1.165) is 31.1 Å². The molecular weight excluding hydrogens is 491 g/mol. The molecule has 0 saturated heterocycles. The van der Waals surface area contributed by atoms with Crippen molar-refractivity contribution in [3.63, 3.8) is 0 Å². The molecule has 1 aliphatic rings. The lowest BCUT2D eigenvalue weighted by Gasteiger charge is -2.25. The fraction of sp³-hybridized carbons (Fsp3) is 0.375. The second-order valence-electron chi connectivity index (χ2n) is 8.90. The third-order valence-corrected chi connectivity index (χ3v) is 6.18. The predicted octanol–water partition coefficient (Wildman–Crippen LogP) is 4.28. The lowest BCUT2D eigenvalue weighted by Crippen LogP contribution is -2.21. The maximum absolute atomic E-state index is 12.8. The van der Waals surface area contributed by atoms with E-state index >= 15 is 0 Å². The average Bonchev–Trinajstić information content (AvgIpc) is 3.52. The van der Waals surface area contributed by atoms with E-state index in [1.807, 2.05) is 0 Å². The highest BCUT2D eigenvalue weighted by Gasteiger charge is 2.27. The number of rotatable bonds is 7. The van der Waals surface area contributed by atoms with Crippen LogP contribution in [0.25, 0.3) is 22.3 Å². The van der Waals surface area contributed by atoms with Crippen LogP contribution in [0.5, 0.6) is 6.01 Å². The number of aliphatic hydroxyl groups is 1. The normalized spacial score (nSPS) is 18.2. The molecule has 0 radical (unpaired) electrons. The van der Waals surface area contributed by atoms with Crippen molar-refractivity contribution in [1.29, 1.82) is 0 Å². The number of aromatic nitrogens is 6. The molecule has 1 fully saturated rings. The quantitative estimate of drug-likeness (QED) is 0.335. The highest BCUT2D eigenvalue weighted by Crippen LogP contribution is 2.28. The van der Waals surface area contributed by atoms with Crippen LogP contribution in [-0.2, 0) is 0 Å². The van der Waals surface area contributed by atoms with Crippen molar-refractivity contribution < 1.29 is 27.8 Å². The first-order valence-corrected chi connectivity index (χ1v) is 11.8. The summed E-state index contributed by atoms with van der Waals surface area (Å²) in [5.74, 6) is -0.0181. The summed E-state index contributed by atoms with van der Waals surface area (Å²) in [5, 5.41) is 17.5. The first-order valence-electron chi connectivity index (χ1n) is 11.8. The second kappa shape index (κ2) is 10.2. The lowest BCUT2D eigenvalue weighted by atomic mass is 9.93. The standard InChI is InChI=1S/C24H24F3N7O3/c25-24(26,27)6-8-37-23-28-7-5-18(32-23)20-9-14-11-29-21(10-19(14)31-20)33-22(36)15-12-30-34(13-15)16-1-3-17(35)4-2-16/h5,7,9-13,16-17,31,35H,1-4,6,8H2,(H,29,33,36)/t16-,17-. The Bertz CT molecular complexity index is 1390. The molecule has 4 heterocycles. The third-order valence-electron chi connectivity index (χ3n) is 6.18. The molecule has 5 rings (SSSR count). The number of aliphatic hydroxyl groups excluding tert-OH is 1.